The minimum absolute atomic E-state index is 0.714. The molecule has 82 valence electrons. The second-order valence-corrected chi connectivity index (χ2v) is 5.91. The lowest BCUT2D eigenvalue weighted by Crippen LogP contribution is -2.28. The van der Waals surface area contributed by atoms with Crippen LogP contribution in [0, 0.1) is 6.92 Å². The molecule has 1 nitrogen and oxygen atoms in total. The van der Waals surface area contributed by atoms with Crippen LogP contribution in [0.15, 0.2) is 24.3 Å². The lowest BCUT2D eigenvalue weighted by Gasteiger charge is -2.11. The van der Waals surface area contributed by atoms with Gasteiger partial charge in [-0.15, -0.1) is 0 Å². The van der Waals surface area contributed by atoms with Crippen LogP contribution in [0.2, 0.25) is 0 Å². The molecule has 2 rings (SSSR count). The van der Waals surface area contributed by atoms with E-state index in [1.807, 2.05) is 0 Å². The van der Waals surface area contributed by atoms with E-state index < -0.39 is 0 Å². The third kappa shape index (κ3) is 3.25. The molecule has 0 bridgehead atoms. The number of rotatable bonds is 3. The van der Waals surface area contributed by atoms with E-state index in [1.165, 1.54) is 23.3 Å². The van der Waals surface area contributed by atoms with Gasteiger partial charge in [-0.05, 0) is 18.9 Å². The van der Waals surface area contributed by atoms with Gasteiger partial charge in [0.1, 0.15) is 0 Å². The lowest BCUT2D eigenvalue weighted by molar-refractivity contribution is 0.538. The van der Waals surface area contributed by atoms with Gasteiger partial charge in [0.05, 0.1) is 0 Å². The smallest absolute Gasteiger partial charge is 0.0208 e. The fourth-order valence-corrected chi connectivity index (χ4v) is 3.11. The summed E-state index contributed by atoms with van der Waals surface area (Å²) in [6.07, 6.45) is 1.32. The molecule has 1 aliphatic rings. The molecule has 0 amide bonds. The van der Waals surface area contributed by atoms with Gasteiger partial charge >= 0.3 is 0 Å². The molecule has 1 aromatic carbocycles. The van der Waals surface area contributed by atoms with Crippen molar-refractivity contribution in [2.24, 2.45) is 0 Å². The van der Waals surface area contributed by atoms with Gasteiger partial charge in [0.25, 0.3) is 0 Å². The van der Waals surface area contributed by atoms with Crippen LogP contribution in [0.1, 0.15) is 24.5 Å². The zero-order valence-electron chi connectivity index (χ0n) is 9.49. The summed E-state index contributed by atoms with van der Waals surface area (Å²) in [6.45, 7) is 5.46. The maximum atomic E-state index is 3.63. The Morgan fingerprint density at radius 2 is 2.07 bits per heavy atom. The fraction of sp³-hybridized carbons (Fsp3) is 0.538. The van der Waals surface area contributed by atoms with Gasteiger partial charge in [0.15, 0.2) is 0 Å². The van der Waals surface area contributed by atoms with Gasteiger partial charge in [-0.2, -0.15) is 11.8 Å². The van der Waals surface area contributed by atoms with Gasteiger partial charge in [0.2, 0.25) is 0 Å². The Labute approximate surface area is 96.7 Å². The van der Waals surface area contributed by atoms with Gasteiger partial charge in [-0.25, -0.2) is 0 Å². The second-order valence-electron chi connectivity index (χ2n) is 4.44. The first-order valence-electron chi connectivity index (χ1n) is 5.64. The Kier molecular flexibility index (Phi) is 3.71. The van der Waals surface area contributed by atoms with E-state index in [4.69, 9.17) is 0 Å². The van der Waals surface area contributed by atoms with Crippen LogP contribution in [-0.2, 0) is 6.54 Å². The van der Waals surface area contributed by atoms with Crippen LogP contribution >= 0.6 is 11.8 Å². The van der Waals surface area contributed by atoms with Crippen molar-refractivity contribution in [1.29, 1.82) is 0 Å². The van der Waals surface area contributed by atoms with Crippen LogP contribution in [-0.4, -0.2) is 17.0 Å². The maximum Gasteiger partial charge on any atom is 0.0208 e. The zero-order chi connectivity index (χ0) is 10.7. The number of nitrogens with one attached hydrogen (secondary N) is 1. The van der Waals surface area contributed by atoms with Gasteiger partial charge in [-0.3, -0.25) is 0 Å². The molecule has 1 heterocycles. The number of hydrogen-bond acceptors (Lipinski definition) is 2. The maximum absolute atomic E-state index is 3.63. The normalized spacial score (nSPS) is 25.7. The molecule has 1 aliphatic heterocycles. The standard InChI is InChI=1S/C13H19NS/c1-10-3-5-12(6-4-10)8-14-13-7-11(2)15-9-13/h3-6,11,13-14H,7-9H2,1-2H3. The molecule has 2 atom stereocenters. The number of thioether (sulfide) groups is 1. The molecular formula is C13H19NS. The minimum atomic E-state index is 0.714. The van der Waals surface area contributed by atoms with Crippen LogP contribution < -0.4 is 5.32 Å². The number of benzene rings is 1. The fourth-order valence-electron chi connectivity index (χ4n) is 1.93. The highest BCUT2D eigenvalue weighted by Gasteiger charge is 2.20. The lowest BCUT2D eigenvalue weighted by atomic mass is 10.1. The van der Waals surface area contributed by atoms with Crippen molar-refractivity contribution in [3.63, 3.8) is 0 Å². The largest absolute Gasteiger partial charge is 0.309 e. The Morgan fingerprint density at radius 3 is 2.67 bits per heavy atom. The SMILES string of the molecule is Cc1ccc(CNC2CSC(C)C2)cc1. The predicted octanol–water partition coefficient (Wildman–Crippen LogP) is 2.98. The molecule has 1 N–H and O–H groups in total. The zero-order valence-corrected chi connectivity index (χ0v) is 10.3. The highest BCUT2D eigenvalue weighted by molar-refractivity contribution is 8.00. The van der Waals surface area contributed by atoms with Crippen molar-refractivity contribution >= 4 is 11.8 Å². The summed E-state index contributed by atoms with van der Waals surface area (Å²) >= 11 is 2.08. The van der Waals surface area contributed by atoms with Crippen LogP contribution in [0.4, 0.5) is 0 Å². The van der Waals surface area contributed by atoms with Gasteiger partial charge < -0.3 is 5.32 Å². The Hall–Kier alpha value is -0.470. The summed E-state index contributed by atoms with van der Waals surface area (Å²) in [4.78, 5) is 0. The van der Waals surface area contributed by atoms with Crippen molar-refractivity contribution in [3.8, 4) is 0 Å². The predicted molar refractivity (Wildman–Crippen MR) is 68.3 cm³/mol. The van der Waals surface area contributed by atoms with Gasteiger partial charge in [0, 0.05) is 23.6 Å². The second kappa shape index (κ2) is 5.04. The van der Waals surface area contributed by atoms with Crippen molar-refractivity contribution in [2.75, 3.05) is 5.75 Å². The Morgan fingerprint density at radius 1 is 1.33 bits per heavy atom. The van der Waals surface area contributed by atoms with Crippen LogP contribution in [0.25, 0.3) is 0 Å². The molecular weight excluding hydrogens is 202 g/mol. The van der Waals surface area contributed by atoms with Crippen LogP contribution in [0.5, 0.6) is 0 Å². The summed E-state index contributed by atoms with van der Waals surface area (Å²) in [6, 6.07) is 9.51. The average molecular weight is 221 g/mol. The molecule has 0 spiro atoms. The van der Waals surface area contributed by atoms with E-state index in [0.29, 0.717) is 6.04 Å². The Balaban J connectivity index is 1.80. The molecule has 1 fully saturated rings. The van der Waals surface area contributed by atoms with E-state index in [9.17, 15) is 0 Å². The van der Waals surface area contributed by atoms with Crippen molar-refractivity contribution in [1.82, 2.24) is 5.32 Å². The van der Waals surface area contributed by atoms with Crippen molar-refractivity contribution < 1.29 is 0 Å². The first-order valence-corrected chi connectivity index (χ1v) is 6.69. The molecule has 2 heteroatoms. The summed E-state index contributed by atoms with van der Waals surface area (Å²) in [5.41, 5.74) is 2.73. The Bertz CT molecular complexity index is 307. The molecule has 0 aliphatic carbocycles. The monoisotopic (exact) mass is 221 g/mol. The first-order chi connectivity index (χ1) is 7.24. The summed E-state index contributed by atoms with van der Waals surface area (Å²) < 4.78 is 0. The van der Waals surface area contributed by atoms with Gasteiger partial charge in [-0.1, -0.05) is 36.8 Å². The van der Waals surface area contributed by atoms with Crippen molar-refractivity contribution in [2.45, 2.75) is 38.1 Å². The molecule has 2 unspecified atom stereocenters. The highest BCUT2D eigenvalue weighted by Crippen LogP contribution is 2.26. The number of hydrogen-bond donors (Lipinski definition) is 1. The highest BCUT2D eigenvalue weighted by atomic mass is 32.2. The van der Waals surface area contributed by atoms with E-state index in [2.05, 4.69) is 55.2 Å². The van der Waals surface area contributed by atoms with E-state index in [1.54, 1.807) is 0 Å². The van der Waals surface area contributed by atoms with E-state index in [0.717, 1.165) is 11.8 Å². The summed E-state index contributed by atoms with van der Waals surface area (Å²) in [5, 5.41) is 4.46. The average Bonchev–Trinajstić information content (AvgIpc) is 2.64. The molecule has 1 saturated heterocycles. The molecule has 1 aromatic rings. The van der Waals surface area contributed by atoms with E-state index >= 15 is 0 Å². The topological polar surface area (TPSA) is 12.0 Å². The molecule has 15 heavy (non-hydrogen) atoms. The first kappa shape index (κ1) is 11.0. The molecule has 0 aromatic heterocycles. The van der Waals surface area contributed by atoms with Crippen LogP contribution in [0.3, 0.4) is 0 Å². The molecule has 0 saturated carbocycles. The molecule has 0 radical (unpaired) electrons. The quantitative estimate of drug-likeness (QED) is 0.842. The third-order valence-electron chi connectivity index (χ3n) is 2.91. The number of aryl methyl sites for hydroxylation is 1. The van der Waals surface area contributed by atoms with E-state index in [-0.39, 0.29) is 0 Å². The third-order valence-corrected chi connectivity index (χ3v) is 4.27. The summed E-state index contributed by atoms with van der Waals surface area (Å²) in [5.74, 6) is 1.27. The van der Waals surface area contributed by atoms with Crippen molar-refractivity contribution in [3.05, 3.63) is 35.4 Å². The summed E-state index contributed by atoms with van der Waals surface area (Å²) in [7, 11) is 0. The minimum Gasteiger partial charge on any atom is -0.309 e.